The third-order valence-electron chi connectivity index (χ3n) is 3.41. The second kappa shape index (κ2) is 6.02. The minimum atomic E-state index is 0.0279. The number of amides is 1. The lowest BCUT2D eigenvalue weighted by molar-refractivity contribution is -0.131. The van der Waals surface area contributed by atoms with Crippen LogP contribution in [-0.2, 0) is 4.79 Å². The van der Waals surface area contributed by atoms with Crippen LogP contribution in [0, 0.1) is 5.41 Å². The number of rotatable bonds is 6. The third-order valence-corrected chi connectivity index (χ3v) is 3.41. The maximum Gasteiger partial charge on any atom is 0.241 e. The molecule has 1 saturated heterocycles. The van der Waals surface area contributed by atoms with Crippen LogP contribution in [0.3, 0.4) is 0 Å². The molecule has 4 heteroatoms. The van der Waals surface area contributed by atoms with Crippen LogP contribution in [0.15, 0.2) is 0 Å². The first-order chi connectivity index (χ1) is 8.26. The minimum absolute atomic E-state index is 0.0279. The summed E-state index contributed by atoms with van der Waals surface area (Å²) in [5, 5.41) is 3.39. The highest BCUT2D eigenvalue weighted by atomic mass is 16.2. The van der Waals surface area contributed by atoms with Crippen LogP contribution in [0.5, 0.6) is 0 Å². The normalized spacial score (nSPS) is 25.3. The van der Waals surface area contributed by atoms with E-state index in [-0.39, 0.29) is 23.5 Å². The van der Waals surface area contributed by atoms with Gasteiger partial charge in [-0.15, -0.1) is 0 Å². The quantitative estimate of drug-likeness (QED) is 0.781. The molecule has 0 saturated carbocycles. The average Bonchev–Trinajstić information content (AvgIpc) is 2.44. The topological polar surface area (TPSA) is 35.6 Å². The molecule has 0 aromatic carbocycles. The molecule has 18 heavy (non-hydrogen) atoms. The molecule has 1 amide bonds. The Morgan fingerprint density at radius 2 is 2.00 bits per heavy atom. The molecular formula is C14H29N3O. The molecule has 0 aromatic heterocycles. The second-order valence-electron chi connectivity index (χ2n) is 6.55. The standard InChI is InChI=1S/C14H29N3O/c1-7-8-12-13(18)17(11(2)15-12)10-14(3,4)9-16(5)6/h11-12,15H,7-10H2,1-6H3. The lowest BCUT2D eigenvalue weighted by Gasteiger charge is -2.34. The molecule has 1 heterocycles. The minimum Gasteiger partial charge on any atom is -0.325 e. The Bertz CT molecular complexity index is 289. The van der Waals surface area contributed by atoms with Crippen molar-refractivity contribution in [3.05, 3.63) is 0 Å². The van der Waals surface area contributed by atoms with Crippen LogP contribution in [0.2, 0.25) is 0 Å². The van der Waals surface area contributed by atoms with E-state index in [0.29, 0.717) is 0 Å². The molecule has 1 N–H and O–H groups in total. The zero-order valence-corrected chi connectivity index (χ0v) is 12.8. The van der Waals surface area contributed by atoms with Gasteiger partial charge in [-0.2, -0.15) is 0 Å². The van der Waals surface area contributed by atoms with Gasteiger partial charge in [0, 0.05) is 13.1 Å². The van der Waals surface area contributed by atoms with Crippen molar-refractivity contribution in [3.8, 4) is 0 Å². The van der Waals surface area contributed by atoms with Gasteiger partial charge < -0.3 is 9.80 Å². The molecule has 1 fully saturated rings. The van der Waals surface area contributed by atoms with E-state index in [1.165, 1.54) is 0 Å². The van der Waals surface area contributed by atoms with Gasteiger partial charge in [0.2, 0.25) is 5.91 Å². The summed E-state index contributed by atoms with van der Waals surface area (Å²) in [6.45, 7) is 10.5. The summed E-state index contributed by atoms with van der Waals surface area (Å²) in [6, 6.07) is 0.0279. The molecule has 0 spiro atoms. The van der Waals surface area contributed by atoms with Gasteiger partial charge in [0.25, 0.3) is 0 Å². The van der Waals surface area contributed by atoms with Crippen LogP contribution >= 0.6 is 0 Å². The molecular weight excluding hydrogens is 226 g/mol. The summed E-state index contributed by atoms with van der Waals surface area (Å²) in [6.07, 6.45) is 2.15. The summed E-state index contributed by atoms with van der Waals surface area (Å²) in [5.74, 6) is 0.274. The average molecular weight is 255 g/mol. The van der Waals surface area contributed by atoms with Crippen molar-refractivity contribution in [2.24, 2.45) is 5.41 Å². The van der Waals surface area contributed by atoms with Gasteiger partial charge in [-0.3, -0.25) is 10.1 Å². The highest BCUT2D eigenvalue weighted by Crippen LogP contribution is 2.23. The van der Waals surface area contributed by atoms with Crippen LogP contribution < -0.4 is 5.32 Å². The highest BCUT2D eigenvalue weighted by molar-refractivity contribution is 5.84. The van der Waals surface area contributed by atoms with Crippen molar-refractivity contribution < 1.29 is 4.79 Å². The number of hydrogen-bond acceptors (Lipinski definition) is 3. The van der Waals surface area contributed by atoms with Gasteiger partial charge in [0.15, 0.2) is 0 Å². The van der Waals surface area contributed by atoms with Gasteiger partial charge in [-0.05, 0) is 32.9 Å². The molecule has 0 aromatic rings. The zero-order valence-electron chi connectivity index (χ0n) is 12.8. The van der Waals surface area contributed by atoms with Crippen LogP contribution in [0.4, 0.5) is 0 Å². The Hall–Kier alpha value is -0.610. The Balaban J connectivity index is 2.64. The van der Waals surface area contributed by atoms with Gasteiger partial charge >= 0.3 is 0 Å². The summed E-state index contributed by atoms with van der Waals surface area (Å²) < 4.78 is 0. The predicted octanol–water partition coefficient (Wildman–Crippen LogP) is 1.52. The lowest BCUT2D eigenvalue weighted by atomic mass is 9.92. The molecule has 0 bridgehead atoms. The van der Waals surface area contributed by atoms with Crippen LogP contribution in [0.1, 0.15) is 40.5 Å². The molecule has 1 aliphatic rings. The summed E-state index contributed by atoms with van der Waals surface area (Å²) in [7, 11) is 4.16. The monoisotopic (exact) mass is 255 g/mol. The van der Waals surface area contributed by atoms with Crippen molar-refractivity contribution >= 4 is 5.91 Å². The Kier molecular flexibility index (Phi) is 5.17. The molecule has 2 atom stereocenters. The fraction of sp³-hybridized carbons (Fsp3) is 0.929. The van der Waals surface area contributed by atoms with E-state index in [9.17, 15) is 4.79 Å². The predicted molar refractivity (Wildman–Crippen MR) is 75.3 cm³/mol. The SMILES string of the molecule is CCCC1NC(C)N(CC(C)(C)CN(C)C)C1=O. The maximum atomic E-state index is 12.3. The maximum absolute atomic E-state index is 12.3. The van der Waals surface area contributed by atoms with Gasteiger partial charge in [0.1, 0.15) is 0 Å². The van der Waals surface area contributed by atoms with Gasteiger partial charge in [-0.25, -0.2) is 0 Å². The Morgan fingerprint density at radius 1 is 1.39 bits per heavy atom. The number of carbonyl (C=O) groups is 1. The van der Waals surface area contributed by atoms with E-state index in [4.69, 9.17) is 0 Å². The Morgan fingerprint density at radius 3 is 2.50 bits per heavy atom. The second-order valence-corrected chi connectivity index (χ2v) is 6.55. The molecule has 4 nitrogen and oxygen atoms in total. The first kappa shape index (κ1) is 15.4. The van der Waals surface area contributed by atoms with Crippen molar-refractivity contribution in [2.45, 2.75) is 52.7 Å². The smallest absolute Gasteiger partial charge is 0.241 e. The van der Waals surface area contributed by atoms with Crippen molar-refractivity contribution in [1.29, 1.82) is 0 Å². The molecule has 106 valence electrons. The van der Waals surface area contributed by atoms with Crippen LogP contribution in [0.25, 0.3) is 0 Å². The molecule has 1 aliphatic heterocycles. The largest absolute Gasteiger partial charge is 0.325 e. The number of nitrogens with zero attached hydrogens (tertiary/aromatic N) is 2. The first-order valence-electron chi connectivity index (χ1n) is 6.98. The molecule has 1 rings (SSSR count). The van der Waals surface area contributed by atoms with E-state index in [2.05, 4.69) is 52.0 Å². The highest BCUT2D eigenvalue weighted by Gasteiger charge is 2.38. The van der Waals surface area contributed by atoms with E-state index in [1.54, 1.807) is 0 Å². The number of hydrogen-bond donors (Lipinski definition) is 1. The van der Waals surface area contributed by atoms with E-state index in [1.807, 2.05) is 4.90 Å². The van der Waals surface area contributed by atoms with E-state index >= 15 is 0 Å². The molecule has 2 unspecified atom stereocenters. The summed E-state index contributed by atoms with van der Waals surface area (Å²) in [5.41, 5.74) is 0.121. The lowest BCUT2D eigenvalue weighted by Crippen LogP contribution is -2.44. The van der Waals surface area contributed by atoms with E-state index in [0.717, 1.165) is 25.9 Å². The number of carbonyl (C=O) groups excluding carboxylic acids is 1. The van der Waals surface area contributed by atoms with Crippen molar-refractivity contribution in [3.63, 3.8) is 0 Å². The number of nitrogens with one attached hydrogen (secondary N) is 1. The van der Waals surface area contributed by atoms with Crippen molar-refractivity contribution in [2.75, 3.05) is 27.2 Å². The molecule has 0 radical (unpaired) electrons. The Labute approximate surface area is 112 Å². The van der Waals surface area contributed by atoms with Gasteiger partial charge in [0.05, 0.1) is 12.2 Å². The van der Waals surface area contributed by atoms with Gasteiger partial charge in [-0.1, -0.05) is 27.2 Å². The fourth-order valence-electron chi connectivity index (χ4n) is 2.92. The third kappa shape index (κ3) is 3.95. The zero-order chi connectivity index (χ0) is 13.9. The first-order valence-corrected chi connectivity index (χ1v) is 6.98. The van der Waals surface area contributed by atoms with Crippen molar-refractivity contribution in [1.82, 2.24) is 15.1 Å². The summed E-state index contributed by atoms with van der Waals surface area (Å²) in [4.78, 5) is 16.5. The fourth-order valence-corrected chi connectivity index (χ4v) is 2.92. The van der Waals surface area contributed by atoms with Crippen LogP contribution in [-0.4, -0.2) is 55.1 Å². The molecule has 0 aliphatic carbocycles. The van der Waals surface area contributed by atoms with E-state index < -0.39 is 0 Å². The summed E-state index contributed by atoms with van der Waals surface area (Å²) >= 11 is 0.